The number of ether oxygens (including phenoxy) is 1. The first-order valence-corrected chi connectivity index (χ1v) is 11.0. The molecule has 172 valence electrons. The largest absolute Gasteiger partial charge is 0.429 e. The van der Waals surface area contributed by atoms with E-state index in [1.54, 1.807) is 0 Å². The molecule has 7 heteroatoms. The number of alkyl halides is 3. The molecule has 0 bridgehead atoms. The first-order chi connectivity index (χ1) is 14.3. The molecule has 0 aliphatic heterocycles. The van der Waals surface area contributed by atoms with E-state index >= 15 is 0 Å². The van der Waals surface area contributed by atoms with E-state index in [1.807, 2.05) is 0 Å². The Balaban J connectivity index is 0.000000222. The first-order valence-electron chi connectivity index (χ1n) is 11.0. The van der Waals surface area contributed by atoms with E-state index in [-0.39, 0.29) is 18.8 Å². The van der Waals surface area contributed by atoms with Gasteiger partial charge in [0.05, 0.1) is 6.67 Å². The van der Waals surface area contributed by atoms with Crippen LogP contribution in [-0.2, 0) is 0 Å². The molecule has 0 spiro atoms. The van der Waals surface area contributed by atoms with Crippen LogP contribution in [0.2, 0.25) is 0 Å². The monoisotopic (exact) mass is 438 g/mol. The average molecular weight is 438 g/mol. The van der Waals surface area contributed by atoms with Crippen LogP contribution in [0.15, 0.2) is 12.1 Å². The number of rotatable bonds is 6. The van der Waals surface area contributed by atoms with Gasteiger partial charge in [-0.25, -0.2) is 13.2 Å². The molecule has 2 aliphatic carbocycles. The van der Waals surface area contributed by atoms with Gasteiger partial charge >= 0.3 is 6.61 Å². The molecule has 0 N–H and O–H groups in total. The van der Waals surface area contributed by atoms with Crippen LogP contribution in [0.3, 0.4) is 0 Å². The molecule has 3 rings (SSSR count). The van der Waals surface area contributed by atoms with Crippen LogP contribution in [0.25, 0.3) is 0 Å². The van der Waals surface area contributed by atoms with E-state index in [9.17, 15) is 26.3 Å². The SMILES string of the molecule is CCC1CCC(C2CCC(CCF)CC2)CC1.Fc1cc(F)c(OC(F)F)c(F)c1. The molecule has 0 heterocycles. The van der Waals surface area contributed by atoms with Gasteiger partial charge in [-0.1, -0.05) is 39.0 Å². The predicted octanol–water partition coefficient (Wildman–Crippen LogP) is 8.07. The highest BCUT2D eigenvalue weighted by Crippen LogP contribution is 2.42. The van der Waals surface area contributed by atoms with Crippen molar-refractivity contribution in [2.24, 2.45) is 23.7 Å². The second-order valence-electron chi connectivity index (χ2n) is 8.52. The Labute approximate surface area is 175 Å². The van der Waals surface area contributed by atoms with Gasteiger partial charge in [0.15, 0.2) is 17.4 Å². The minimum Gasteiger partial charge on any atom is -0.429 e. The van der Waals surface area contributed by atoms with E-state index in [2.05, 4.69) is 11.7 Å². The third kappa shape index (κ3) is 7.69. The molecular formula is C23H32F6O. The Morgan fingerprint density at radius 1 is 0.833 bits per heavy atom. The maximum atomic E-state index is 12.5. The maximum Gasteiger partial charge on any atom is 0.387 e. The summed E-state index contributed by atoms with van der Waals surface area (Å²) in [6.07, 6.45) is 13.5. The zero-order valence-electron chi connectivity index (χ0n) is 17.5. The Hall–Kier alpha value is -1.40. The van der Waals surface area contributed by atoms with Crippen molar-refractivity contribution in [1.29, 1.82) is 0 Å². The number of hydrogen-bond acceptors (Lipinski definition) is 1. The number of benzene rings is 1. The fourth-order valence-electron chi connectivity index (χ4n) is 4.90. The molecule has 1 aromatic rings. The number of hydrogen-bond donors (Lipinski definition) is 0. The summed E-state index contributed by atoms with van der Waals surface area (Å²) < 4.78 is 76.1. The second kappa shape index (κ2) is 12.5. The summed E-state index contributed by atoms with van der Waals surface area (Å²) in [5, 5.41) is 0. The fraction of sp³-hybridized carbons (Fsp3) is 0.739. The lowest BCUT2D eigenvalue weighted by Gasteiger charge is -2.37. The topological polar surface area (TPSA) is 9.23 Å². The van der Waals surface area contributed by atoms with Crippen molar-refractivity contribution in [2.75, 3.05) is 6.67 Å². The van der Waals surface area contributed by atoms with E-state index in [0.717, 1.165) is 24.2 Å². The van der Waals surface area contributed by atoms with Gasteiger partial charge in [-0.3, -0.25) is 4.39 Å². The molecule has 0 aromatic heterocycles. The highest BCUT2D eigenvalue weighted by atomic mass is 19.3. The number of halogens is 6. The van der Waals surface area contributed by atoms with Crippen LogP contribution in [0.4, 0.5) is 26.3 Å². The van der Waals surface area contributed by atoms with Crippen LogP contribution in [0.5, 0.6) is 5.75 Å². The lowest BCUT2D eigenvalue weighted by molar-refractivity contribution is -0.0547. The van der Waals surface area contributed by atoms with Crippen molar-refractivity contribution in [3.63, 3.8) is 0 Å². The van der Waals surface area contributed by atoms with E-state index in [1.165, 1.54) is 57.8 Å². The summed E-state index contributed by atoms with van der Waals surface area (Å²) in [7, 11) is 0. The Morgan fingerprint density at radius 2 is 1.30 bits per heavy atom. The van der Waals surface area contributed by atoms with Gasteiger partial charge in [0, 0.05) is 12.1 Å². The second-order valence-corrected chi connectivity index (χ2v) is 8.52. The van der Waals surface area contributed by atoms with Gasteiger partial charge in [0.2, 0.25) is 0 Å². The molecule has 0 unspecified atom stereocenters. The zero-order chi connectivity index (χ0) is 22.1. The van der Waals surface area contributed by atoms with Crippen molar-refractivity contribution in [1.82, 2.24) is 0 Å². The van der Waals surface area contributed by atoms with Gasteiger partial charge in [0.25, 0.3) is 0 Å². The summed E-state index contributed by atoms with van der Waals surface area (Å²) >= 11 is 0. The molecule has 0 atom stereocenters. The van der Waals surface area contributed by atoms with Gasteiger partial charge in [-0.15, -0.1) is 0 Å². The van der Waals surface area contributed by atoms with Crippen molar-refractivity contribution in [3.05, 3.63) is 29.6 Å². The van der Waals surface area contributed by atoms with Gasteiger partial charge in [-0.05, 0) is 55.8 Å². The molecule has 1 nitrogen and oxygen atoms in total. The lowest BCUT2D eigenvalue weighted by Crippen LogP contribution is -2.25. The minimum atomic E-state index is -3.35. The zero-order valence-corrected chi connectivity index (χ0v) is 17.5. The van der Waals surface area contributed by atoms with Gasteiger partial charge in [-0.2, -0.15) is 8.78 Å². The van der Waals surface area contributed by atoms with Crippen molar-refractivity contribution >= 4 is 0 Å². The predicted molar refractivity (Wildman–Crippen MR) is 105 cm³/mol. The van der Waals surface area contributed by atoms with Crippen molar-refractivity contribution < 1.29 is 31.1 Å². The molecule has 2 fully saturated rings. The first kappa shape index (κ1) is 24.9. The quantitative estimate of drug-likeness (QED) is 0.408. The fourth-order valence-corrected chi connectivity index (χ4v) is 4.90. The molecule has 0 amide bonds. The molecular weight excluding hydrogens is 406 g/mol. The molecule has 30 heavy (non-hydrogen) atoms. The molecule has 2 saturated carbocycles. The van der Waals surface area contributed by atoms with Crippen LogP contribution >= 0.6 is 0 Å². The van der Waals surface area contributed by atoms with Crippen LogP contribution < -0.4 is 4.74 Å². The van der Waals surface area contributed by atoms with Crippen molar-refractivity contribution in [3.8, 4) is 5.75 Å². The molecule has 0 saturated heterocycles. The molecule has 0 radical (unpaired) electrons. The van der Waals surface area contributed by atoms with E-state index in [4.69, 9.17) is 0 Å². The third-order valence-electron chi connectivity index (χ3n) is 6.71. The normalized spacial score (nSPS) is 26.8. The summed E-state index contributed by atoms with van der Waals surface area (Å²) in [6.45, 7) is -1.11. The van der Waals surface area contributed by atoms with E-state index < -0.39 is 29.8 Å². The summed E-state index contributed by atoms with van der Waals surface area (Å²) in [6, 6.07) is 0.502. The Morgan fingerprint density at radius 3 is 1.70 bits per heavy atom. The third-order valence-corrected chi connectivity index (χ3v) is 6.71. The minimum absolute atomic E-state index is 0.100. The summed E-state index contributed by atoms with van der Waals surface area (Å²) in [4.78, 5) is 0. The Bertz CT molecular complexity index is 599. The molecule has 1 aromatic carbocycles. The van der Waals surface area contributed by atoms with Gasteiger partial charge in [0.1, 0.15) is 5.82 Å². The summed E-state index contributed by atoms with van der Waals surface area (Å²) in [5.41, 5.74) is 0. The summed E-state index contributed by atoms with van der Waals surface area (Å²) in [5.74, 6) is -1.74. The molecule has 2 aliphatic rings. The van der Waals surface area contributed by atoms with Crippen LogP contribution in [0.1, 0.15) is 71.1 Å². The van der Waals surface area contributed by atoms with Crippen LogP contribution in [0, 0.1) is 41.1 Å². The van der Waals surface area contributed by atoms with E-state index in [0.29, 0.717) is 5.92 Å². The standard InChI is InChI=1S/C16H29F.C7H3F5O/c1-2-13-3-7-15(8-4-13)16-9-5-14(6-10-16)11-12-17;8-3-1-4(9)6(5(10)2-3)13-7(11)12/h13-16H,2-12H2,1H3;1-2,7H. The highest BCUT2D eigenvalue weighted by molar-refractivity contribution is 5.26. The Kier molecular flexibility index (Phi) is 10.3. The highest BCUT2D eigenvalue weighted by Gasteiger charge is 2.30. The van der Waals surface area contributed by atoms with Crippen molar-refractivity contribution in [2.45, 2.75) is 77.7 Å². The lowest BCUT2D eigenvalue weighted by atomic mass is 9.68. The van der Waals surface area contributed by atoms with Crippen LogP contribution in [-0.4, -0.2) is 13.3 Å². The average Bonchev–Trinajstić information content (AvgIpc) is 2.72. The maximum absolute atomic E-state index is 12.5. The smallest absolute Gasteiger partial charge is 0.387 e. The van der Waals surface area contributed by atoms with Gasteiger partial charge < -0.3 is 4.74 Å².